The number of amides is 2. The Morgan fingerprint density at radius 1 is 0.778 bits per heavy atom. The molecular weight excluding hydrogens is 338 g/mol. The lowest BCUT2D eigenvalue weighted by molar-refractivity contribution is -0.116. The standard InChI is InChI=1S/C22H21N3O2/c26-21(13-12-17-7-2-1-3-8-17)24-19-10-6-11-20(15-19)25-22(27)16-18-9-4-5-14-23-18/h1-11,14-15H,12-13,16H2,(H,24,26)(H,25,27). The van der Waals surface area contributed by atoms with Crippen molar-refractivity contribution in [2.75, 3.05) is 10.6 Å². The van der Waals surface area contributed by atoms with Crippen molar-refractivity contribution in [2.24, 2.45) is 0 Å². The van der Waals surface area contributed by atoms with Gasteiger partial charge in [-0.2, -0.15) is 0 Å². The maximum absolute atomic E-state index is 12.2. The van der Waals surface area contributed by atoms with Crippen LogP contribution in [-0.4, -0.2) is 16.8 Å². The maximum Gasteiger partial charge on any atom is 0.230 e. The highest BCUT2D eigenvalue weighted by Crippen LogP contribution is 2.16. The molecule has 1 heterocycles. The molecule has 0 fully saturated rings. The summed E-state index contributed by atoms with van der Waals surface area (Å²) >= 11 is 0. The molecule has 3 rings (SSSR count). The molecule has 5 nitrogen and oxygen atoms in total. The first kappa shape index (κ1) is 18.3. The maximum atomic E-state index is 12.2. The fourth-order valence-electron chi connectivity index (χ4n) is 2.67. The lowest BCUT2D eigenvalue weighted by Gasteiger charge is -2.09. The average Bonchev–Trinajstić information content (AvgIpc) is 2.68. The second-order valence-corrected chi connectivity index (χ2v) is 6.16. The van der Waals surface area contributed by atoms with Crippen LogP contribution >= 0.6 is 0 Å². The first-order valence-electron chi connectivity index (χ1n) is 8.82. The zero-order valence-corrected chi connectivity index (χ0v) is 14.9. The third-order valence-electron chi connectivity index (χ3n) is 3.98. The largest absolute Gasteiger partial charge is 0.326 e. The summed E-state index contributed by atoms with van der Waals surface area (Å²) in [5.74, 6) is -0.211. The Kier molecular flexibility index (Phi) is 6.30. The molecule has 2 amide bonds. The van der Waals surface area contributed by atoms with E-state index in [0.717, 1.165) is 5.56 Å². The van der Waals surface area contributed by atoms with Gasteiger partial charge in [-0.15, -0.1) is 0 Å². The lowest BCUT2D eigenvalue weighted by atomic mass is 10.1. The second kappa shape index (κ2) is 9.29. The summed E-state index contributed by atoms with van der Waals surface area (Å²) in [5, 5.41) is 5.70. The van der Waals surface area contributed by atoms with Crippen LogP contribution in [0, 0.1) is 0 Å². The average molecular weight is 359 g/mol. The Morgan fingerprint density at radius 3 is 2.19 bits per heavy atom. The molecule has 0 unspecified atom stereocenters. The summed E-state index contributed by atoms with van der Waals surface area (Å²) in [6.07, 6.45) is 2.95. The van der Waals surface area contributed by atoms with Gasteiger partial charge in [-0.3, -0.25) is 14.6 Å². The summed E-state index contributed by atoms with van der Waals surface area (Å²) in [6.45, 7) is 0. The van der Waals surface area contributed by atoms with Crippen molar-refractivity contribution in [2.45, 2.75) is 19.3 Å². The number of pyridine rings is 1. The third-order valence-corrected chi connectivity index (χ3v) is 3.98. The number of nitrogens with one attached hydrogen (secondary N) is 2. The molecule has 0 saturated carbocycles. The van der Waals surface area contributed by atoms with Crippen molar-refractivity contribution in [3.63, 3.8) is 0 Å². The van der Waals surface area contributed by atoms with E-state index in [2.05, 4.69) is 15.6 Å². The highest BCUT2D eigenvalue weighted by molar-refractivity contribution is 5.94. The van der Waals surface area contributed by atoms with E-state index in [1.165, 1.54) is 0 Å². The number of hydrogen-bond donors (Lipinski definition) is 2. The fraction of sp³-hybridized carbons (Fsp3) is 0.136. The van der Waals surface area contributed by atoms with E-state index in [-0.39, 0.29) is 18.2 Å². The molecule has 5 heteroatoms. The molecule has 0 radical (unpaired) electrons. The van der Waals surface area contributed by atoms with Gasteiger partial charge in [-0.25, -0.2) is 0 Å². The Balaban J connectivity index is 1.52. The molecule has 2 N–H and O–H groups in total. The first-order valence-corrected chi connectivity index (χ1v) is 8.82. The summed E-state index contributed by atoms with van der Waals surface area (Å²) in [5.41, 5.74) is 3.13. The monoisotopic (exact) mass is 359 g/mol. The summed E-state index contributed by atoms with van der Waals surface area (Å²) in [6, 6.07) is 22.5. The highest BCUT2D eigenvalue weighted by atomic mass is 16.2. The molecule has 0 aliphatic carbocycles. The molecule has 136 valence electrons. The van der Waals surface area contributed by atoms with Gasteiger partial charge in [0, 0.05) is 29.7 Å². The summed E-state index contributed by atoms with van der Waals surface area (Å²) in [4.78, 5) is 28.4. The van der Waals surface area contributed by atoms with Gasteiger partial charge < -0.3 is 10.6 Å². The van der Waals surface area contributed by atoms with Crippen LogP contribution in [0.3, 0.4) is 0 Å². The number of hydrogen-bond acceptors (Lipinski definition) is 3. The lowest BCUT2D eigenvalue weighted by Crippen LogP contribution is -2.16. The van der Waals surface area contributed by atoms with E-state index < -0.39 is 0 Å². The van der Waals surface area contributed by atoms with Gasteiger partial charge in [0.25, 0.3) is 0 Å². The zero-order chi connectivity index (χ0) is 18.9. The van der Waals surface area contributed by atoms with Crippen molar-refractivity contribution >= 4 is 23.2 Å². The van der Waals surface area contributed by atoms with Crippen molar-refractivity contribution in [1.82, 2.24) is 4.98 Å². The van der Waals surface area contributed by atoms with E-state index in [1.54, 1.807) is 30.5 Å². The SMILES string of the molecule is O=C(CCc1ccccc1)Nc1cccc(NC(=O)Cc2ccccn2)c1. The minimum Gasteiger partial charge on any atom is -0.326 e. The van der Waals surface area contributed by atoms with Crippen LogP contribution in [0.2, 0.25) is 0 Å². The van der Waals surface area contributed by atoms with Crippen molar-refractivity contribution in [1.29, 1.82) is 0 Å². The molecule has 2 aromatic carbocycles. The highest BCUT2D eigenvalue weighted by Gasteiger charge is 2.07. The predicted molar refractivity (Wildman–Crippen MR) is 106 cm³/mol. The molecule has 0 bridgehead atoms. The van der Waals surface area contributed by atoms with Gasteiger partial charge in [-0.1, -0.05) is 42.5 Å². The predicted octanol–water partition coefficient (Wildman–Crippen LogP) is 3.83. The van der Waals surface area contributed by atoms with Gasteiger partial charge >= 0.3 is 0 Å². The summed E-state index contributed by atoms with van der Waals surface area (Å²) in [7, 11) is 0. The van der Waals surface area contributed by atoms with E-state index >= 15 is 0 Å². The van der Waals surface area contributed by atoms with Gasteiger partial charge in [-0.05, 0) is 42.3 Å². The normalized spacial score (nSPS) is 10.2. The molecule has 0 saturated heterocycles. The van der Waals surface area contributed by atoms with Crippen molar-refractivity contribution < 1.29 is 9.59 Å². The molecule has 0 spiro atoms. The van der Waals surface area contributed by atoms with Crippen LogP contribution in [0.15, 0.2) is 79.0 Å². The number of benzene rings is 2. The molecule has 27 heavy (non-hydrogen) atoms. The number of anilines is 2. The number of aromatic nitrogens is 1. The minimum absolute atomic E-state index is 0.0594. The Bertz CT molecular complexity index is 896. The van der Waals surface area contributed by atoms with Crippen molar-refractivity contribution in [3.05, 3.63) is 90.3 Å². The Morgan fingerprint density at radius 2 is 1.48 bits per heavy atom. The number of carbonyl (C=O) groups is 2. The van der Waals surface area contributed by atoms with Crippen LogP contribution < -0.4 is 10.6 Å². The number of carbonyl (C=O) groups excluding carboxylic acids is 2. The molecule has 0 aliphatic rings. The van der Waals surface area contributed by atoms with Gasteiger partial charge in [0.05, 0.1) is 6.42 Å². The number of nitrogens with zero attached hydrogens (tertiary/aromatic N) is 1. The quantitative estimate of drug-likeness (QED) is 0.673. The number of aryl methyl sites for hydroxylation is 1. The molecular formula is C22H21N3O2. The van der Waals surface area contributed by atoms with Crippen LogP contribution in [0.1, 0.15) is 17.7 Å². The van der Waals surface area contributed by atoms with Crippen LogP contribution in [0.5, 0.6) is 0 Å². The molecule has 0 atom stereocenters. The van der Waals surface area contributed by atoms with Crippen LogP contribution in [0.4, 0.5) is 11.4 Å². The van der Waals surface area contributed by atoms with Crippen molar-refractivity contribution in [3.8, 4) is 0 Å². The van der Waals surface area contributed by atoms with Crippen LogP contribution in [-0.2, 0) is 22.4 Å². The molecule has 3 aromatic rings. The van der Waals surface area contributed by atoms with E-state index in [9.17, 15) is 9.59 Å². The topological polar surface area (TPSA) is 71.1 Å². The van der Waals surface area contributed by atoms with E-state index in [0.29, 0.717) is 29.9 Å². The Labute approximate surface area is 158 Å². The first-order chi connectivity index (χ1) is 13.2. The fourth-order valence-corrected chi connectivity index (χ4v) is 2.67. The van der Waals surface area contributed by atoms with Gasteiger partial charge in [0.2, 0.25) is 11.8 Å². The minimum atomic E-state index is -0.152. The zero-order valence-electron chi connectivity index (χ0n) is 14.9. The smallest absolute Gasteiger partial charge is 0.230 e. The molecule has 0 aliphatic heterocycles. The third kappa shape index (κ3) is 6.08. The molecule has 1 aromatic heterocycles. The van der Waals surface area contributed by atoms with E-state index in [4.69, 9.17) is 0 Å². The second-order valence-electron chi connectivity index (χ2n) is 6.16. The van der Waals surface area contributed by atoms with Gasteiger partial charge in [0.1, 0.15) is 0 Å². The van der Waals surface area contributed by atoms with Gasteiger partial charge in [0.15, 0.2) is 0 Å². The van der Waals surface area contributed by atoms with E-state index in [1.807, 2.05) is 48.5 Å². The summed E-state index contributed by atoms with van der Waals surface area (Å²) < 4.78 is 0. The number of rotatable bonds is 7. The van der Waals surface area contributed by atoms with Crippen LogP contribution in [0.25, 0.3) is 0 Å². The Hall–Kier alpha value is -3.47.